The van der Waals surface area contributed by atoms with Crippen LogP contribution in [0.25, 0.3) is 0 Å². The second-order valence-electron chi connectivity index (χ2n) is 6.40. The van der Waals surface area contributed by atoms with Crippen LogP contribution in [0.1, 0.15) is 36.4 Å². The first-order valence-electron chi connectivity index (χ1n) is 8.33. The number of aromatic nitrogens is 2. The van der Waals surface area contributed by atoms with Crippen molar-refractivity contribution in [2.24, 2.45) is 0 Å². The van der Waals surface area contributed by atoms with Crippen molar-refractivity contribution in [1.82, 2.24) is 20.1 Å². The first-order chi connectivity index (χ1) is 11.7. The van der Waals surface area contributed by atoms with Gasteiger partial charge in [0.05, 0.1) is 23.5 Å². The Labute approximate surface area is 141 Å². The van der Waals surface area contributed by atoms with Gasteiger partial charge in [-0.15, -0.1) is 0 Å². The zero-order chi connectivity index (χ0) is 16.5. The predicted molar refractivity (Wildman–Crippen MR) is 88.5 cm³/mol. The van der Waals surface area contributed by atoms with Crippen LogP contribution in [0.5, 0.6) is 0 Å². The van der Waals surface area contributed by atoms with Gasteiger partial charge in [0.2, 0.25) is 0 Å². The molecule has 2 fully saturated rings. The van der Waals surface area contributed by atoms with E-state index in [9.17, 15) is 0 Å². The van der Waals surface area contributed by atoms with E-state index in [-0.39, 0.29) is 24.3 Å². The lowest BCUT2D eigenvalue weighted by Gasteiger charge is -2.27. The summed E-state index contributed by atoms with van der Waals surface area (Å²) in [6.07, 6.45) is 5.44. The van der Waals surface area contributed by atoms with Crippen LogP contribution in [-0.4, -0.2) is 46.3 Å². The summed E-state index contributed by atoms with van der Waals surface area (Å²) in [6, 6.07) is 12.4. The van der Waals surface area contributed by atoms with Crippen LogP contribution in [0.2, 0.25) is 0 Å². The summed E-state index contributed by atoms with van der Waals surface area (Å²) in [5.41, 5.74) is 1.96. The van der Waals surface area contributed by atoms with E-state index in [1.54, 1.807) is 0 Å². The molecule has 6 heteroatoms. The molecule has 0 spiro atoms. The molecule has 0 aliphatic carbocycles. The van der Waals surface area contributed by atoms with Crippen molar-refractivity contribution in [3.8, 4) is 0 Å². The van der Waals surface area contributed by atoms with Gasteiger partial charge in [0, 0.05) is 39.3 Å². The number of pyridine rings is 2. The maximum atomic E-state index is 6.03. The summed E-state index contributed by atoms with van der Waals surface area (Å²) < 4.78 is 0. The highest BCUT2D eigenvalue weighted by Crippen LogP contribution is 2.40. The largest absolute Gasteiger partial charge is 0.289 e. The highest BCUT2D eigenvalue weighted by atomic mass is 16.7. The van der Waals surface area contributed by atoms with Crippen LogP contribution < -0.4 is 0 Å². The summed E-state index contributed by atoms with van der Waals surface area (Å²) in [6.45, 7) is 0. The molecular weight excluding hydrogens is 304 g/mol. The van der Waals surface area contributed by atoms with Gasteiger partial charge in [-0.2, -0.15) is 10.1 Å². The molecule has 2 aromatic rings. The molecule has 6 nitrogen and oxygen atoms in total. The first kappa shape index (κ1) is 15.7. The van der Waals surface area contributed by atoms with Crippen molar-refractivity contribution in [1.29, 1.82) is 0 Å². The standard InChI is InChI=1S/C18H22N4O2/c1-21-15(11-17(23-21)13-7-3-5-9-19-13)16-12-18(24-22(16)2)14-8-4-6-10-20-14/h3-10,15-18H,11-12H2,1-2H3/t15-,16-,17+,18+/m1/s1. The molecule has 2 saturated heterocycles. The maximum absolute atomic E-state index is 6.03. The number of rotatable bonds is 3. The number of hydrogen-bond donors (Lipinski definition) is 0. The number of nitrogens with zero attached hydrogens (tertiary/aromatic N) is 4. The highest BCUT2D eigenvalue weighted by molar-refractivity contribution is 5.11. The summed E-state index contributed by atoms with van der Waals surface area (Å²) in [5, 5.41) is 3.93. The van der Waals surface area contributed by atoms with E-state index in [0.717, 1.165) is 24.2 Å². The van der Waals surface area contributed by atoms with Gasteiger partial charge in [-0.3, -0.25) is 19.6 Å². The van der Waals surface area contributed by atoms with E-state index in [1.165, 1.54) is 0 Å². The van der Waals surface area contributed by atoms with E-state index >= 15 is 0 Å². The van der Waals surface area contributed by atoms with Crippen LogP contribution in [0, 0.1) is 0 Å². The summed E-state index contributed by atoms with van der Waals surface area (Å²) in [5.74, 6) is 0. The number of likely N-dealkylation sites (N-methyl/N-ethyl adjacent to an activating group) is 2. The topological polar surface area (TPSA) is 50.7 Å². The van der Waals surface area contributed by atoms with Gasteiger partial charge in [-0.1, -0.05) is 12.1 Å². The van der Waals surface area contributed by atoms with E-state index < -0.39 is 0 Å². The van der Waals surface area contributed by atoms with Gasteiger partial charge in [-0.05, 0) is 24.3 Å². The molecule has 0 N–H and O–H groups in total. The molecule has 24 heavy (non-hydrogen) atoms. The Morgan fingerprint density at radius 2 is 1.25 bits per heavy atom. The van der Waals surface area contributed by atoms with Crippen LogP contribution in [0.4, 0.5) is 0 Å². The Morgan fingerprint density at radius 1 is 0.792 bits per heavy atom. The van der Waals surface area contributed by atoms with E-state index in [2.05, 4.69) is 9.97 Å². The Balaban J connectivity index is 1.48. The smallest absolute Gasteiger partial charge is 0.123 e. The van der Waals surface area contributed by atoms with Gasteiger partial charge in [-0.25, -0.2) is 0 Å². The quantitative estimate of drug-likeness (QED) is 0.864. The molecule has 0 radical (unpaired) electrons. The molecule has 2 aliphatic rings. The van der Waals surface area contributed by atoms with Crippen molar-refractivity contribution >= 4 is 0 Å². The highest BCUT2D eigenvalue weighted by Gasteiger charge is 2.44. The predicted octanol–water partition coefficient (Wildman–Crippen LogP) is 2.53. The van der Waals surface area contributed by atoms with Crippen molar-refractivity contribution in [2.75, 3.05) is 14.1 Å². The fourth-order valence-electron chi connectivity index (χ4n) is 3.66. The lowest BCUT2D eigenvalue weighted by atomic mass is 9.96. The van der Waals surface area contributed by atoms with E-state index in [0.29, 0.717) is 0 Å². The normalized spacial score (nSPS) is 31.6. The summed E-state index contributed by atoms with van der Waals surface area (Å²) >= 11 is 0. The van der Waals surface area contributed by atoms with Crippen molar-refractivity contribution in [2.45, 2.75) is 37.1 Å². The van der Waals surface area contributed by atoms with Crippen LogP contribution >= 0.6 is 0 Å². The Bertz CT molecular complexity index is 610. The molecule has 0 saturated carbocycles. The molecule has 2 aliphatic heterocycles. The van der Waals surface area contributed by atoms with Gasteiger partial charge in [0.25, 0.3) is 0 Å². The zero-order valence-electron chi connectivity index (χ0n) is 13.9. The zero-order valence-corrected chi connectivity index (χ0v) is 13.9. The second-order valence-corrected chi connectivity index (χ2v) is 6.40. The van der Waals surface area contributed by atoms with Gasteiger partial charge in [0.15, 0.2) is 0 Å². The Kier molecular flexibility index (Phi) is 4.28. The molecule has 4 heterocycles. The van der Waals surface area contributed by atoms with Gasteiger partial charge in [0.1, 0.15) is 12.2 Å². The molecule has 0 bridgehead atoms. The minimum atomic E-state index is 0.00324. The Morgan fingerprint density at radius 3 is 1.62 bits per heavy atom. The summed E-state index contributed by atoms with van der Waals surface area (Å²) in [4.78, 5) is 20.9. The van der Waals surface area contributed by atoms with E-state index in [1.807, 2.05) is 73.0 Å². The number of hydrogen-bond acceptors (Lipinski definition) is 6. The summed E-state index contributed by atoms with van der Waals surface area (Å²) in [7, 11) is 3.99. The molecule has 4 rings (SSSR count). The van der Waals surface area contributed by atoms with Gasteiger partial charge >= 0.3 is 0 Å². The minimum absolute atomic E-state index is 0.00324. The molecule has 0 unspecified atom stereocenters. The van der Waals surface area contributed by atoms with Gasteiger partial charge < -0.3 is 0 Å². The SMILES string of the molecule is CN1O[C@H](c2ccccn2)C[C@@H]1[C@H]1C[C@@H](c2ccccn2)ON1C. The van der Waals surface area contributed by atoms with Crippen molar-refractivity contribution in [3.63, 3.8) is 0 Å². The van der Waals surface area contributed by atoms with Crippen molar-refractivity contribution < 1.29 is 9.68 Å². The molecule has 2 aromatic heterocycles. The Hall–Kier alpha value is -1.86. The van der Waals surface area contributed by atoms with Crippen molar-refractivity contribution in [3.05, 3.63) is 60.2 Å². The molecular formula is C18H22N4O2. The molecule has 4 atom stereocenters. The monoisotopic (exact) mass is 326 g/mol. The third kappa shape index (κ3) is 2.93. The third-order valence-electron chi connectivity index (χ3n) is 4.91. The lowest BCUT2D eigenvalue weighted by molar-refractivity contribution is -0.184. The average molecular weight is 326 g/mol. The molecule has 126 valence electrons. The van der Waals surface area contributed by atoms with Crippen LogP contribution in [0.3, 0.4) is 0 Å². The molecule has 0 aromatic carbocycles. The fraction of sp³-hybridized carbons (Fsp3) is 0.444. The maximum Gasteiger partial charge on any atom is 0.123 e. The fourth-order valence-corrected chi connectivity index (χ4v) is 3.66. The van der Waals surface area contributed by atoms with Crippen LogP contribution in [0.15, 0.2) is 48.8 Å². The average Bonchev–Trinajstić information content (AvgIpc) is 3.19. The van der Waals surface area contributed by atoms with E-state index in [4.69, 9.17) is 9.68 Å². The minimum Gasteiger partial charge on any atom is -0.289 e. The second kappa shape index (κ2) is 6.57. The lowest BCUT2D eigenvalue weighted by Crippen LogP contribution is -2.42. The molecule has 0 amide bonds. The number of hydroxylamine groups is 4. The van der Waals surface area contributed by atoms with Crippen LogP contribution in [-0.2, 0) is 9.68 Å². The third-order valence-corrected chi connectivity index (χ3v) is 4.91. The first-order valence-corrected chi connectivity index (χ1v) is 8.33.